The number of nitrogens with zero attached hydrogens (tertiary/aromatic N) is 3. The maximum absolute atomic E-state index is 14.0. The van der Waals surface area contributed by atoms with Gasteiger partial charge in [-0.1, -0.05) is 45.0 Å². The Bertz CT molecular complexity index is 1430. The standard InChI is InChI=1S/C36H53N5O6S/c1-23(25-9-11-26(12-10-25)31-24(2)37-22-48-31)38-33(45)29-18-28(43)19-40(29)34(46)32(35(3,4)5)39-30(44)8-6-17-47-20-27-13-15-36(21-42)14-7-16-41(27)36/h9-12,22-23,27-29,32,42-43H,6-8,13-21H2,1-5H3,(H,38,45)(H,39,44)/t23-,27+,28+,29-,32+,36+/m0/s1. The van der Waals surface area contributed by atoms with Crippen molar-refractivity contribution in [3.8, 4) is 10.4 Å². The van der Waals surface area contributed by atoms with Gasteiger partial charge in [0.05, 0.1) is 41.4 Å². The molecule has 0 bridgehead atoms. The topological polar surface area (TPSA) is 144 Å². The first-order valence-electron chi connectivity index (χ1n) is 17.4. The van der Waals surface area contributed by atoms with Crippen molar-refractivity contribution in [2.75, 3.05) is 32.9 Å². The lowest BCUT2D eigenvalue weighted by molar-refractivity contribution is -0.144. The molecule has 3 aliphatic heterocycles. The Kier molecular flexibility index (Phi) is 11.6. The number of ether oxygens (including phenoxy) is 1. The first-order valence-corrected chi connectivity index (χ1v) is 18.2. The zero-order valence-corrected chi connectivity index (χ0v) is 29.9. The second-order valence-corrected chi connectivity index (χ2v) is 15.8. The molecule has 0 unspecified atom stereocenters. The molecule has 11 nitrogen and oxygen atoms in total. The highest BCUT2D eigenvalue weighted by Crippen LogP contribution is 2.42. The number of carbonyl (C=O) groups is 3. The zero-order chi connectivity index (χ0) is 34.6. The number of benzene rings is 1. The number of fused-ring (bicyclic) bond motifs is 1. The van der Waals surface area contributed by atoms with E-state index >= 15 is 0 Å². The van der Waals surface area contributed by atoms with Crippen LogP contribution in [0.25, 0.3) is 10.4 Å². The summed E-state index contributed by atoms with van der Waals surface area (Å²) in [5, 5.41) is 26.5. The van der Waals surface area contributed by atoms with E-state index in [1.54, 1.807) is 11.3 Å². The van der Waals surface area contributed by atoms with Gasteiger partial charge in [-0.15, -0.1) is 11.3 Å². The number of aryl methyl sites for hydroxylation is 1. The highest BCUT2D eigenvalue weighted by Gasteiger charge is 2.48. The molecule has 12 heteroatoms. The third-order valence-corrected chi connectivity index (χ3v) is 11.4. The lowest BCUT2D eigenvalue weighted by Gasteiger charge is -2.35. The van der Waals surface area contributed by atoms with Crippen LogP contribution in [0.4, 0.5) is 0 Å². The van der Waals surface area contributed by atoms with E-state index in [1.165, 1.54) is 4.90 Å². The lowest BCUT2D eigenvalue weighted by Crippen LogP contribution is -2.57. The highest BCUT2D eigenvalue weighted by molar-refractivity contribution is 7.13. The van der Waals surface area contributed by atoms with Crippen LogP contribution in [0.2, 0.25) is 0 Å². The molecular formula is C36H53N5O6S. The average molecular weight is 684 g/mol. The van der Waals surface area contributed by atoms with Crippen LogP contribution >= 0.6 is 11.3 Å². The van der Waals surface area contributed by atoms with Crippen LogP contribution in [-0.2, 0) is 19.1 Å². The summed E-state index contributed by atoms with van der Waals surface area (Å²) in [5.74, 6) is -0.962. The van der Waals surface area contributed by atoms with Crippen LogP contribution in [0.3, 0.4) is 0 Å². The number of hydrogen-bond acceptors (Lipinski definition) is 9. The summed E-state index contributed by atoms with van der Waals surface area (Å²) in [6.07, 6.45) is 4.19. The number of hydrogen-bond donors (Lipinski definition) is 4. The van der Waals surface area contributed by atoms with Gasteiger partial charge < -0.3 is 30.5 Å². The molecule has 1 aromatic carbocycles. The van der Waals surface area contributed by atoms with Crippen molar-refractivity contribution in [1.29, 1.82) is 0 Å². The maximum Gasteiger partial charge on any atom is 0.246 e. The molecule has 6 atom stereocenters. The Hall–Kier alpha value is -2.90. The van der Waals surface area contributed by atoms with Gasteiger partial charge in [-0.3, -0.25) is 19.3 Å². The van der Waals surface area contributed by atoms with Gasteiger partial charge in [0, 0.05) is 37.6 Å². The number of β-amino-alcohol motifs (C(OH)–C–C–N with tert-alkyl or cyclic N) is 1. The fraction of sp³-hybridized carbons (Fsp3) is 0.667. The summed E-state index contributed by atoms with van der Waals surface area (Å²) >= 11 is 1.59. The smallest absolute Gasteiger partial charge is 0.246 e. The number of aromatic nitrogens is 1. The van der Waals surface area contributed by atoms with Crippen LogP contribution in [0, 0.1) is 12.3 Å². The van der Waals surface area contributed by atoms with E-state index in [4.69, 9.17) is 4.74 Å². The molecule has 264 valence electrons. The third-order valence-electron chi connectivity index (χ3n) is 10.4. The minimum absolute atomic E-state index is 0.0280. The van der Waals surface area contributed by atoms with Crippen molar-refractivity contribution in [2.24, 2.45) is 5.41 Å². The summed E-state index contributed by atoms with van der Waals surface area (Å²) in [7, 11) is 0. The maximum atomic E-state index is 14.0. The molecule has 3 saturated heterocycles. The minimum atomic E-state index is -0.869. The van der Waals surface area contributed by atoms with Crippen molar-refractivity contribution in [1.82, 2.24) is 25.4 Å². The van der Waals surface area contributed by atoms with Crippen LogP contribution in [0.1, 0.15) is 89.9 Å². The van der Waals surface area contributed by atoms with Gasteiger partial charge in [-0.2, -0.15) is 0 Å². The Balaban J connectivity index is 1.12. The van der Waals surface area contributed by atoms with E-state index in [9.17, 15) is 24.6 Å². The SMILES string of the molecule is Cc1ncsc1-c1ccc([C@H](C)NC(=O)[C@@H]2C[C@@H](O)CN2C(=O)[C@@H](NC(=O)CCCOC[C@H]2CC[C@@]3(CO)CCCN23)C(C)(C)C)cc1. The van der Waals surface area contributed by atoms with Crippen LogP contribution in [0.15, 0.2) is 29.8 Å². The molecule has 0 aliphatic carbocycles. The number of aliphatic hydroxyl groups excluding tert-OH is 2. The van der Waals surface area contributed by atoms with E-state index in [-0.39, 0.29) is 55.3 Å². The largest absolute Gasteiger partial charge is 0.394 e. The first kappa shape index (κ1) is 36.4. The monoisotopic (exact) mass is 683 g/mol. The van der Waals surface area contributed by atoms with E-state index in [1.807, 2.05) is 64.4 Å². The Labute approximate surface area is 288 Å². The van der Waals surface area contributed by atoms with Gasteiger partial charge in [0.2, 0.25) is 17.7 Å². The molecule has 2 aromatic rings. The van der Waals surface area contributed by atoms with Gasteiger partial charge in [-0.05, 0) is 69.0 Å². The molecule has 3 amide bonds. The summed E-state index contributed by atoms with van der Waals surface area (Å²) in [4.78, 5) is 49.8. The fourth-order valence-electron chi connectivity index (χ4n) is 7.61. The van der Waals surface area contributed by atoms with Gasteiger partial charge in [0.1, 0.15) is 12.1 Å². The highest BCUT2D eigenvalue weighted by atomic mass is 32.1. The third kappa shape index (κ3) is 8.10. The van der Waals surface area contributed by atoms with E-state index < -0.39 is 23.6 Å². The molecule has 3 aliphatic rings. The number of carbonyl (C=O) groups excluding carboxylic acids is 3. The van der Waals surface area contributed by atoms with Gasteiger partial charge in [0.25, 0.3) is 0 Å². The number of rotatable bonds is 13. The summed E-state index contributed by atoms with van der Waals surface area (Å²) in [6, 6.07) is 6.26. The zero-order valence-electron chi connectivity index (χ0n) is 29.0. The predicted molar refractivity (Wildman–Crippen MR) is 185 cm³/mol. The molecule has 0 spiro atoms. The van der Waals surface area contributed by atoms with Gasteiger partial charge in [0.15, 0.2) is 0 Å². The molecule has 0 saturated carbocycles. The number of nitrogens with one attached hydrogen (secondary N) is 2. The normalized spacial score (nSPS) is 25.6. The minimum Gasteiger partial charge on any atom is -0.394 e. The predicted octanol–water partition coefficient (Wildman–Crippen LogP) is 3.57. The fourth-order valence-corrected chi connectivity index (χ4v) is 8.43. The lowest BCUT2D eigenvalue weighted by atomic mass is 9.85. The Morgan fingerprint density at radius 2 is 1.92 bits per heavy atom. The number of aliphatic hydroxyl groups is 2. The molecule has 5 rings (SSSR count). The number of amides is 3. The van der Waals surface area contributed by atoms with Crippen molar-refractivity contribution in [2.45, 2.75) is 115 Å². The van der Waals surface area contributed by atoms with Crippen LogP contribution < -0.4 is 10.6 Å². The van der Waals surface area contributed by atoms with Crippen molar-refractivity contribution in [3.63, 3.8) is 0 Å². The first-order chi connectivity index (χ1) is 22.8. The molecular weight excluding hydrogens is 630 g/mol. The molecule has 4 heterocycles. The Morgan fingerprint density at radius 1 is 1.17 bits per heavy atom. The summed E-state index contributed by atoms with van der Waals surface area (Å²) < 4.78 is 5.96. The van der Waals surface area contributed by atoms with Crippen LogP contribution in [-0.4, -0.2) is 105 Å². The van der Waals surface area contributed by atoms with Crippen molar-refractivity contribution >= 4 is 29.1 Å². The quantitative estimate of drug-likeness (QED) is 0.235. The van der Waals surface area contributed by atoms with Crippen LogP contribution in [0.5, 0.6) is 0 Å². The second-order valence-electron chi connectivity index (χ2n) is 14.9. The molecule has 1 aromatic heterocycles. The molecule has 0 radical (unpaired) electrons. The molecule has 3 fully saturated rings. The summed E-state index contributed by atoms with van der Waals surface area (Å²) in [5.41, 5.74) is 4.10. The summed E-state index contributed by atoms with van der Waals surface area (Å²) in [6.45, 7) is 11.8. The van der Waals surface area contributed by atoms with Gasteiger partial charge >= 0.3 is 0 Å². The van der Waals surface area contributed by atoms with E-state index in [0.29, 0.717) is 25.7 Å². The van der Waals surface area contributed by atoms with Crippen molar-refractivity contribution in [3.05, 3.63) is 41.0 Å². The average Bonchev–Trinajstić information content (AvgIpc) is 3.83. The van der Waals surface area contributed by atoms with Crippen molar-refractivity contribution < 1.29 is 29.3 Å². The number of likely N-dealkylation sites (tertiary alicyclic amines) is 1. The second kappa shape index (κ2) is 15.3. The van der Waals surface area contributed by atoms with E-state index in [0.717, 1.165) is 53.9 Å². The molecule has 48 heavy (non-hydrogen) atoms. The van der Waals surface area contributed by atoms with Gasteiger partial charge in [-0.25, -0.2) is 4.98 Å². The number of thiazole rings is 1. The van der Waals surface area contributed by atoms with E-state index in [2.05, 4.69) is 20.5 Å². The molecule has 4 N–H and O–H groups in total. The Morgan fingerprint density at radius 3 is 2.58 bits per heavy atom.